The third-order valence-corrected chi connectivity index (χ3v) is 5.61. The molecule has 2 aliphatic rings. The van der Waals surface area contributed by atoms with E-state index in [-0.39, 0.29) is 29.2 Å². The lowest BCUT2D eigenvalue weighted by Crippen LogP contribution is -2.62. The molecule has 0 aromatic carbocycles. The number of nitrogens with one attached hydrogen (secondary N) is 1. The zero-order valence-electron chi connectivity index (χ0n) is 14.8. The molecule has 6 nitrogen and oxygen atoms in total. The van der Waals surface area contributed by atoms with Crippen molar-refractivity contribution in [2.75, 3.05) is 13.7 Å². The van der Waals surface area contributed by atoms with Gasteiger partial charge < -0.3 is 15.0 Å². The van der Waals surface area contributed by atoms with E-state index in [1.165, 1.54) is 14.0 Å². The monoisotopic (exact) mass is 324 g/mol. The summed E-state index contributed by atoms with van der Waals surface area (Å²) in [6.45, 7) is 8.42. The molecule has 3 atom stereocenters. The van der Waals surface area contributed by atoms with Crippen LogP contribution in [0.15, 0.2) is 0 Å². The highest BCUT2D eigenvalue weighted by molar-refractivity contribution is 5.91. The Kier molecular flexibility index (Phi) is 4.74. The van der Waals surface area contributed by atoms with E-state index in [2.05, 4.69) is 30.8 Å². The zero-order valence-corrected chi connectivity index (χ0v) is 14.8. The second kappa shape index (κ2) is 6.13. The molecule has 0 spiro atoms. The molecule has 2 fully saturated rings. The van der Waals surface area contributed by atoms with Gasteiger partial charge in [0.15, 0.2) is 0 Å². The van der Waals surface area contributed by atoms with Crippen molar-refractivity contribution in [2.45, 2.75) is 65.0 Å². The maximum absolute atomic E-state index is 13.1. The lowest BCUT2D eigenvalue weighted by molar-refractivity contribution is -0.152. The molecule has 23 heavy (non-hydrogen) atoms. The topological polar surface area (TPSA) is 75.7 Å². The molecule has 0 aromatic heterocycles. The molecule has 2 rings (SSSR count). The van der Waals surface area contributed by atoms with Crippen molar-refractivity contribution in [1.29, 1.82) is 0 Å². The third-order valence-electron chi connectivity index (χ3n) is 5.61. The Bertz CT molecular complexity index is 517. The summed E-state index contributed by atoms with van der Waals surface area (Å²) in [5.41, 5.74) is -0.123. The number of ether oxygens (including phenoxy) is 1. The molecule has 2 amide bonds. The number of nitrogens with zero attached hydrogens (tertiary/aromatic N) is 1. The highest BCUT2D eigenvalue weighted by atomic mass is 16.5. The van der Waals surface area contributed by atoms with E-state index in [0.717, 1.165) is 19.3 Å². The van der Waals surface area contributed by atoms with Crippen LogP contribution < -0.4 is 5.32 Å². The Balaban J connectivity index is 2.23. The Labute approximate surface area is 137 Å². The normalized spacial score (nSPS) is 29.8. The van der Waals surface area contributed by atoms with Crippen LogP contribution in [0.1, 0.15) is 53.4 Å². The van der Waals surface area contributed by atoms with E-state index in [4.69, 9.17) is 0 Å². The summed E-state index contributed by atoms with van der Waals surface area (Å²) >= 11 is 0. The average molecular weight is 324 g/mol. The summed E-state index contributed by atoms with van der Waals surface area (Å²) < 4.78 is 4.67. The molecule has 1 unspecified atom stereocenters. The second-order valence-electron chi connectivity index (χ2n) is 7.86. The quantitative estimate of drug-likeness (QED) is 0.795. The van der Waals surface area contributed by atoms with Crippen LogP contribution in [0.4, 0.5) is 0 Å². The molecule has 1 aliphatic carbocycles. The van der Waals surface area contributed by atoms with E-state index in [9.17, 15) is 14.4 Å². The standard InChI is InChI=1S/C17H28N2O4/c1-11(20)18-13(8-14(21)23-5)15(22)19-10-17(4)7-6-12(9-17)16(19,2)3/h12-13H,6-10H2,1-5H3,(H,18,20)/t12-,13?,17+/m0/s1. The smallest absolute Gasteiger partial charge is 0.308 e. The summed E-state index contributed by atoms with van der Waals surface area (Å²) in [4.78, 5) is 38.0. The number of amides is 2. The Morgan fingerprint density at radius 2 is 1.96 bits per heavy atom. The van der Waals surface area contributed by atoms with Gasteiger partial charge in [-0.2, -0.15) is 0 Å². The van der Waals surface area contributed by atoms with Gasteiger partial charge in [-0.15, -0.1) is 0 Å². The molecular weight excluding hydrogens is 296 g/mol. The Morgan fingerprint density at radius 1 is 1.30 bits per heavy atom. The third kappa shape index (κ3) is 3.51. The van der Waals surface area contributed by atoms with Crippen molar-refractivity contribution in [1.82, 2.24) is 10.2 Å². The highest BCUT2D eigenvalue weighted by Crippen LogP contribution is 2.52. The Morgan fingerprint density at radius 3 is 2.52 bits per heavy atom. The number of methoxy groups -OCH3 is 1. The van der Waals surface area contributed by atoms with Crippen LogP contribution in [0, 0.1) is 11.3 Å². The van der Waals surface area contributed by atoms with E-state index in [1.54, 1.807) is 0 Å². The van der Waals surface area contributed by atoms with Crippen molar-refractivity contribution >= 4 is 17.8 Å². The molecule has 0 radical (unpaired) electrons. The first kappa shape index (κ1) is 17.8. The number of rotatable bonds is 4. The lowest BCUT2D eigenvalue weighted by atomic mass is 9.74. The van der Waals surface area contributed by atoms with Crippen LogP contribution >= 0.6 is 0 Å². The number of carbonyl (C=O) groups excluding carboxylic acids is 3. The minimum Gasteiger partial charge on any atom is -0.469 e. The number of hydrogen-bond donors (Lipinski definition) is 1. The fourth-order valence-electron chi connectivity index (χ4n) is 4.12. The van der Waals surface area contributed by atoms with Gasteiger partial charge in [-0.3, -0.25) is 14.4 Å². The van der Waals surface area contributed by atoms with Gasteiger partial charge in [-0.05, 0) is 44.4 Å². The molecule has 6 heteroatoms. The summed E-state index contributed by atoms with van der Waals surface area (Å²) in [5, 5.41) is 2.61. The van der Waals surface area contributed by atoms with Gasteiger partial charge in [-0.25, -0.2) is 0 Å². The number of piperidine rings is 1. The summed E-state index contributed by atoms with van der Waals surface area (Å²) in [6, 6.07) is -0.861. The van der Waals surface area contributed by atoms with Crippen molar-refractivity contribution in [2.24, 2.45) is 11.3 Å². The fourth-order valence-corrected chi connectivity index (χ4v) is 4.12. The van der Waals surface area contributed by atoms with Crippen molar-refractivity contribution in [3.8, 4) is 0 Å². The van der Waals surface area contributed by atoms with E-state index >= 15 is 0 Å². The first-order valence-corrected chi connectivity index (χ1v) is 8.24. The summed E-state index contributed by atoms with van der Waals surface area (Å²) in [7, 11) is 1.28. The predicted molar refractivity (Wildman–Crippen MR) is 85.5 cm³/mol. The minimum atomic E-state index is -0.861. The first-order chi connectivity index (χ1) is 10.6. The van der Waals surface area contributed by atoms with E-state index < -0.39 is 12.0 Å². The molecule has 1 aliphatic heterocycles. The Hall–Kier alpha value is -1.59. The second-order valence-corrected chi connectivity index (χ2v) is 7.86. The number of esters is 1. The maximum atomic E-state index is 13.1. The van der Waals surface area contributed by atoms with Crippen molar-refractivity contribution in [3.05, 3.63) is 0 Å². The SMILES string of the molecule is COC(=O)CC(NC(C)=O)C(=O)N1C[C@]2(C)CC[C@@H](C2)C1(C)C. The van der Waals surface area contributed by atoms with Gasteiger partial charge >= 0.3 is 5.97 Å². The van der Waals surface area contributed by atoms with Crippen molar-refractivity contribution < 1.29 is 19.1 Å². The van der Waals surface area contributed by atoms with Crippen LogP contribution in [-0.2, 0) is 19.1 Å². The molecule has 130 valence electrons. The highest BCUT2D eigenvalue weighted by Gasteiger charge is 2.53. The summed E-state index contributed by atoms with van der Waals surface area (Å²) in [6.07, 6.45) is 3.23. The first-order valence-electron chi connectivity index (χ1n) is 8.24. The lowest BCUT2D eigenvalue weighted by Gasteiger charge is -2.51. The molecule has 2 bridgehead atoms. The van der Waals surface area contributed by atoms with Gasteiger partial charge in [0.25, 0.3) is 0 Å². The minimum absolute atomic E-state index is 0.136. The van der Waals surface area contributed by atoms with Crippen LogP contribution in [-0.4, -0.2) is 47.9 Å². The van der Waals surface area contributed by atoms with Gasteiger partial charge in [0, 0.05) is 19.0 Å². The van der Waals surface area contributed by atoms with Crippen molar-refractivity contribution in [3.63, 3.8) is 0 Å². The molecule has 1 saturated carbocycles. The molecule has 0 aromatic rings. The number of likely N-dealkylation sites (tertiary alicyclic amines) is 1. The molecule has 1 saturated heterocycles. The molecular formula is C17H28N2O4. The van der Waals surface area contributed by atoms with Gasteiger partial charge in [0.05, 0.1) is 13.5 Å². The van der Waals surface area contributed by atoms with Gasteiger partial charge in [0.1, 0.15) is 6.04 Å². The maximum Gasteiger partial charge on any atom is 0.308 e. The molecule has 1 N–H and O–H groups in total. The molecule has 1 heterocycles. The number of hydrogen-bond acceptors (Lipinski definition) is 4. The van der Waals surface area contributed by atoms with Crippen LogP contribution in [0.3, 0.4) is 0 Å². The van der Waals surface area contributed by atoms with Gasteiger partial charge in [-0.1, -0.05) is 6.92 Å². The van der Waals surface area contributed by atoms with E-state index in [0.29, 0.717) is 12.5 Å². The number of fused-ring (bicyclic) bond motifs is 2. The summed E-state index contributed by atoms with van der Waals surface area (Å²) in [5.74, 6) is -0.549. The van der Waals surface area contributed by atoms with Gasteiger partial charge in [0.2, 0.25) is 11.8 Å². The average Bonchev–Trinajstić information content (AvgIpc) is 2.82. The zero-order chi connectivity index (χ0) is 17.4. The van der Waals surface area contributed by atoms with Crippen LogP contribution in [0.2, 0.25) is 0 Å². The van der Waals surface area contributed by atoms with Crippen LogP contribution in [0.25, 0.3) is 0 Å². The largest absolute Gasteiger partial charge is 0.469 e. The fraction of sp³-hybridized carbons (Fsp3) is 0.824. The predicted octanol–water partition coefficient (Wildman–Crippen LogP) is 1.48. The van der Waals surface area contributed by atoms with Crippen LogP contribution in [0.5, 0.6) is 0 Å². The number of carbonyl (C=O) groups is 3. The van der Waals surface area contributed by atoms with E-state index in [1.807, 2.05) is 4.90 Å².